The van der Waals surface area contributed by atoms with E-state index in [1.54, 1.807) is 47.2 Å². The van der Waals surface area contributed by atoms with Crippen LogP contribution in [-0.4, -0.2) is 36.2 Å². The van der Waals surface area contributed by atoms with Crippen molar-refractivity contribution in [3.8, 4) is 0 Å². The lowest BCUT2D eigenvalue weighted by Gasteiger charge is -2.10. The second-order valence-corrected chi connectivity index (χ2v) is 8.20. The minimum absolute atomic E-state index is 0.00984. The minimum atomic E-state index is -3.59. The second-order valence-electron chi connectivity index (χ2n) is 6.35. The van der Waals surface area contributed by atoms with Gasteiger partial charge in [-0.3, -0.25) is 9.52 Å². The molecule has 0 fully saturated rings. The molecular weight excluding hydrogens is 376 g/mol. The smallest absolute Gasteiger partial charge is 0.251 e. The Kier molecular flexibility index (Phi) is 4.70. The van der Waals surface area contributed by atoms with E-state index in [4.69, 9.17) is 0 Å². The first kappa shape index (κ1) is 18.0. The average Bonchev–Trinajstić information content (AvgIpc) is 3.15. The molecule has 2 aromatic carbocycles. The molecule has 0 saturated carbocycles. The summed E-state index contributed by atoms with van der Waals surface area (Å²) in [6, 6.07) is 18.2. The Balaban J connectivity index is 1.36. The molecule has 2 heterocycles. The molecule has 1 amide bonds. The lowest BCUT2D eigenvalue weighted by atomic mass is 10.1. The lowest BCUT2D eigenvalue weighted by molar-refractivity contribution is 0.0956. The normalized spacial score (nSPS) is 11.6. The molecule has 4 aromatic rings. The number of fused-ring (bicyclic) bond motifs is 2. The maximum Gasteiger partial charge on any atom is 0.251 e. The molecule has 0 radical (unpaired) electrons. The van der Waals surface area contributed by atoms with Gasteiger partial charge in [0.15, 0.2) is 0 Å². The van der Waals surface area contributed by atoms with Gasteiger partial charge in [0.1, 0.15) is 0 Å². The average molecular weight is 394 g/mol. The fourth-order valence-electron chi connectivity index (χ4n) is 2.95. The zero-order valence-corrected chi connectivity index (χ0v) is 15.7. The fraction of sp³-hybridized carbons (Fsp3) is 0.100. The molecule has 142 valence electrons. The third-order valence-corrected chi connectivity index (χ3v) is 5.63. The van der Waals surface area contributed by atoms with Crippen molar-refractivity contribution in [3.63, 3.8) is 0 Å². The van der Waals surface area contributed by atoms with Gasteiger partial charge in [-0.25, -0.2) is 12.9 Å². The van der Waals surface area contributed by atoms with Crippen molar-refractivity contribution in [2.24, 2.45) is 0 Å². The van der Waals surface area contributed by atoms with E-state index in [-0.39, 0.29) is 18.2 Å². The maximum atomic E-state index is 12.3. The molecule has 2 N–H and O–H groups in total. The van der Waals surface area contributed by atoms with Crippen molar-refractivity contribution in [2.45, 2.75) is 0 Å². The molecule has 7 nitrogen and oxygen atoms in total. The molecule has 0 atom stereocenters. The Morgan fingerprint density at radius 2 is 1.82 bits per heavy atom. The van der Waals surface area contributed by atoms with Crippen LogP contribution in [0, 0.1) is 0 Å². The van der Waals surface area contributed by atoms with E-state index < -0.39 is 10.0 Å². The van der Waals surface area contributed by atoms with Crippen LogP contribution in [0.2, 0.25) is 0 Å². The van der Waals surface area contributed by atoms with Crippen LogP contribution in [-0.2, 0) is 10.0 Å². The monoisotopic (exact) mass is 394 g/mol. The summed E-state index contributed by atoms with van der Waals surface area (Å²) in [5, 5.41) is 8.72. The highest BCUT2D eigenvalue weighted by Gasteiger charge is 2.13. The van der Waals surface area contributed by atoms with Crippen molar-refractivity contribution in [1.29, 1.82) is 0 Å². The van der Waals surface area contributed by atoms with Crippen LogP contribution < -0.4 is 10.0 Å². The van der Waals surface area contributed by atoms with Crippen LogP contribution in [0.5, 0.6) is 0 Å². The molecule has 0 aliphatic carbocycles. The number of hydrogen-bond donors (Lipinski definition) is 2. The van der Waals surface area contributed by atoms with E-state index in [1.807, 2.05) is 30.3 Å². The van der Waals surface area contributed by atoms with Gasteiger partial charge in [0, 0.05) is 24.5 Å². The van der Waals surface area contributed by atoms with Gasteiger partial charge in [0.25, 0.3) is 5.91 Å². The maximum absolute atomic E-state index is 12.3. The third-order valence-electron chi connectivity index (χ3n) is 4.34. The number of nitrogens with zero attached hydrogens (tertiary/aromatic N) is 2. The standard InChI is InChI=1S/C20H18N4O3S/c25-20(17-6-5-15-3-1-2-4-16(15)13-17)21-10-12-28(26,27)23-18-8-11-24-19(14-18)7-9-22-24/h1-9,11,13-14,23H,10,12H2,(H,21,25). The van der Waals surface area contributed by atoms with Crippen molar-refractivity contribution < 1.29 is 13.2 Å². The number of carbonyl (C=O) groups excluding carboxylic acids is 1. The van der Waals surface area contributed by atoms with E-state index in [0.29, 0.717) is 11.3 Å². The van der Waals surface area contributed by atoms with Crippen molar-refractivity contribution >= 4 is 37.9 Å². The van der Waals surface area contributed by atoms with Gasteiger partial charge in [-0.15, -0.1) is 0 Å². The van der Waals surface area contributed by atoms with E-state index in [1.165, 1.54) is 0 Å². The van der Waals surface area contributed by atoms with Gasteiger partial charge in [-0.05, 0) is 41.1 Å². The zero-order chi connectivity index (χ0) is 19.6. The number of sulfonamides is 1. The van der Waals surface area contributed by atoms with Gasteiger partial charge in [-0.1, -0.05) is 30.3 Å². The summed E-state index contributed by atoms with van der Waals surface area (Å²) in [6.45, 7) is 0.00984. The zero-order valence-electron chi connectivity index (χ0n) is 14.9. The summed E-state index contributed by atoms with van der Waals surface area (Å²) in [6.07, 6.45) is 3.31. The number of aromatic nitrogens is 2. The number of hydrogen-bond acceptors (Lipinski definition) is 4. The van der Waals surface area contributed by atoms with Gasteiger partial charge in [-0.2, -0.15) is 5.10 Å². The molecule has 0 aliphatic heterocycles. The summed E-state index contributed by atoms with van der Waals surface area (Å²) in [7, 11) is -3.59. The number of amides is 1. The summed E-state index contributed by atoms with van der Waals surface area (Å²) < 4.78 is 28.7. The molecule has 4 rings (SSSR count). The summed E-state index contributed by atoms with van der Waals surface area (Å²) in [5.74, 6) is -0.529. The van der Waals surface area contributed by atoms with Crippen molar-refractivity contribution in [3.05, 3.63) is 78.6 Å². The van der Waals surface area contributed by atoms with E-state index in [2.05, 4.69) is 15.1 Å². The first-order valence-corrected chi connectivity index (χ1v) is 10.4. The highest BCUT2D eigenvalue weighted by atomic mass is 32.2. The van der Waals surface area contributed by atoms with Crippen molar-refractivity contribution in [1.82, 2.24) is 14.9 Å². The number of rotatable bonds is 6. The van der Waals surface area contributed by atoms with E-state index >= 15 is 0 Å². The Labute approximate surface area is 162 Å². The van der Waals surface area contributed by atoms with Gasteiger partial charge in [0.2, 0.25) is 10.0 Å². The molecule has 2 aromatic heterocycles. The van der Waals surface area contributed by atoms with Crippen LogP contribution in [0.25, 0.3) is 16.3 Å². The third kappa shape index (κ3) is 3.96. The summed E-state index contributed by atoms with van der Waals surface area (Å²) in [5.41, 5.74) is 1.73. The van der Waals surface area contributed by atoms with Crippen LogP contribution in [0.4, 0.5) is 5.69 Å². The summed E-state index contributed by atoms with van der Waals surface area (Å²) in [4.78, 5) is 12.3. The van der Waals surface area contributed by atoms with Gasteiger partial charge >= 0.3 is 0 Å². The Morgan fingerprint density at radius 1 is 1.00 bits per heavy atom. The summed E-state index contributed by atoms with van der Waals surface area (Å²) >= 11 is 0. The number of nitrogens with one attached hydrogen (secondary N) is 2. The van der Waals surface area contributed by atoms with Crippen LogP contribution >= 0.6 is 0 Å². The molecule has 28 heavy (non-hydrogen) atoms. The number of anilines is 1. The predicted octanol–water partition coefficient (Wildman–Crippen LogP) is 2.66. The molecule has 0 spiro atoms. The molecule has 8 heteroatoms. The minimum Gasteiger partial charge on any atom is -0.351 e. The van der Waals surface area contributed by atoms with E-state index in [0.717, 1.165) is 16.3 Å². The Hall–Kier alpha value is -3.39. The number of pyridine rings is 1. The topological polar surface area (TPSA) is 92.6 Å². The van der Waals surface area contributed by atoms with Crippen LogP contribution in [0.3, 0.4) is 0 Å². The van der Waals surface area contributed by atoms with Crippen LogP contribution in [0.1, 0.15) is 10.4 Å². The van der Waals surface area contributed by atoms with Gasteiger partial charge < -0.3 is 5.32 Å². The van der Waals surface area contributed by atoms with Gasteiger partial charge in [0.05, 0.1) is 17.0 Å². The highest BCUT2D eigenvalue weighted by Crippen LogP contribution is 2.16. The SMILES string of the molecule is O=C(NCCS(=O)(=O)Nc1ccn2nccc2c1)c1ccc2ccccc2c1. The molecule has 0 aliphatic rings. The number of benzene rings is 2. The highest BCUT2D eigenvalue weighted by molar-refractivity contribution is 7.92. The quantitative estimate of drug-likeness (QED) is 0.526. The predicted molar refractivity (Wildman–Crippen MR) is 109 cm³/mol. The first-order chi connectivity index (χ1) is 13.5. The second kappa shape index (κ2) is 7.32. The molecular formula is C20H18N4O3S. The Bertz CT molecular complexity index is 1260. The van der Waals surface area contributed by atoms with Crippen molar-refractivity contribution in [2.75, 3.05) is 17.0 Å². The molecule has 0 saturated heterocycles. The molecule has 0 bridgehead atoms. The first-order valence-electron chi connectivity index (χ1n) is 8.71. The largest absolute Gasteiger partial charge is 0.351 e. The molecule has 0 unspecified atom stereocenters. The lowest BCUT2D eigenvalue weighted by Crippen LogP contribution is -2.31. The fourth-order valence-corrected chi connectivity index (χ4v) is 3.91. The van der Waals surface area contributed by atoms with E-state index in [9.17, 15) is 13.2 Å². The van der Waals surface area contributed by atoms with Crippen LogP contribution in [0.15, 0.2) is 73.1 Å². The Morgan fingerprint density at radius 3 is 2.68 bits per heavy atom. The number of carbonyl (C=O) groups is 1.